The van der Waals surface area contributed by atoms with Crippen LogP contribution in [-0.2, 0) is 9.53 Å². The van der Waals surface area contributed by atoms with E-state index in [0.29, 0.717) is 6.29 Å². The third-order valence-electron chi connectivity index (χ3n) is 0.950. The van der Waals surface area contributed by atoms with Gasteiger partial charge in [0.05, 0.1) is 0 Å². The van der Waals surface area contributed by atoms with Crippen LogP contribution >= 0.6 is 11.6 Å². The van der Waals surface area contributed by atoms with Crippen LogP contribution in [0.5, 0.6) is 0 Å². The first kappa shape index (κ1) is 6.74. The van der Waals surface area contributed by atoms with Gasteiger partial charge in [0.1, 0.15) is 0 Å². The summed E-state index contributed by atoms with van der Waals surface area (Å²) in [7, 11) is 0. The van der Waals surface area contributed by atoms with Crippen molar-refractivity contribution in [2.45, 2.75) is 11.4 Å². The van der Waals surface area contributed by atoms with Gasteiger partial charge in [0.25, 0.3) is 0 Å². The average Bonchev–Trinajstić information content (AvgIpc) is 2.13. The SMILES string of the molecule is O=CC1(Cl)C=CC(O)O1. The van der Waals surface area contributed by atoms with Gasteiger partial charge >= 0.3 is 0 Å². The maximum atomic E-state index is 10.1. The number of rotatable bonds is 1. The van der Waals surface area contributed by atoms with Gasteiger partial charge in [0.15, 0.2) is 12.6 Å². The molecule has 4 heteroatoms. The lowest BCUT2D eigenvalue weighted by molar-refractivity contribution is -0.131. The van der Waals surface area contributed by atoms with Crippen molar-refractivity contribution in [3.63, 3.8) is 0 Å². The Kier molecular flexibility index (Phi) is 1.57. The van der Waals surface area contributed by atoms with E-state index < -0.39 is 11.4 Å². The first-order chi connectivity index (χ1) is 4.16. The van der Waals surface area contributed by atoms with Gasteiger partial charge in [-0.25, -0.2) is 0 Å². The Balaban J connectivity index is 2.67. The summed E-state index contributed by atoms with van der Waals surface area (Å²) in [5.41, 5.74) is 0. The van der Waals surface area contributed by atoms with Crippen LogP contribution in [0.3, 0.4) is 0 Å². The van der Waals surface area contributed by atoms with E-state index >= 15 is 0 Å². The van der Waals surface area contributed by atoms with Crippen LogP contribution in [0, 0.1) is 0 Å². The second-order valence-electron chi connectivity index (χ2n) is 1.68. The molecule has 0 bridgehead atoms. The standard InChI is InChI=1S/C5H5ClO3/c6-5(3-7)2-1-4(8)9-5/h1-4,8H. The molecule has 0 amide bonds. The minimum Gasteiger partial charge on any atom is -0.365 e. The number of hydrogen-bond acceptors (Lipinski definition) is 3. The predicted octanol–water partition coefficient (Wildman–Crippen LogP) is 0.0252. The van der Waals surface area contributed by atoms with Crippen LogP contribution in [0.25, 0.3) is 0 Å². The van der Waals surface area contributed by atoms with E-state index in [-0.39, 0.29) is 0 Å². The smallest absolute Gasteiger partial charge is 0.219 e. The Morgan fingerprint density at radius 3 is 2.78 bits per heavy atom. The molecule has 0 spiro atoms. The minimum atomic E-state index is -1.43. The van der Waals surface area contributed by atoms with Gasteiger partial charge in [-0.3, -0.25) is 4.79 Å². The molecule has 1 aliphatic rings. The van der Waals surface area contributed by atoms with Gasteiger partial charge in [-0.1, -0.05) is 11.6 Å². The van der Waals surface area contributed by atoms with Gasteiger partial charge in [-0.15, -0.1) is 0 Å². The van der Waals surface area contributed by atoms with Crippen molar-refractivity contribution in [3.05, 3.63) is 12.2 Å². The molecule has 1 rings (SSSR count). The fraction of sp³-hybridized carbons (Fsp3) is 0.400. The number of halogens is 1. The van der Waals surface area contributed by atoms with E-state index in [9.17, 15) is 4.79 Å². The molecule has 0 saturated heterocycles. The molecule has 0 aliphatic carbocycles. The lowest BCUT2D eigenvalue weighted by Gasteiger charge is -2.10. The Morgan fingerprint density at radius 2 is 2.56 bits per heavy atom. The summed E-state index contributed by atoms with van der Waals surface area (Å²) in [6.45, 7) is 0. The zero-order chi connectivity index (χ0) is 6.91. The Bertz CT molecular complexity index is 156. The topological polar surface area (TPSA) is 46.5 Å². The molecule has 0 saturated carbocycles. The van der Waals surface area contributed by atoms with Crippen molar-refractivity contribution in [2.75, 3.05) is 0 Å². The lowest BCUT2D eigenvalue weighted by atomic mass is 10.4. The van der Waals surface area contributed by atoms with Gasteiger partial charge in [0, 0.05) is 0 Å². The third-order valence-corrected chi connectivity index (χ3v) is 1.25. The quantitative estimate of drug-likeness (QED) is 0.324. The molecule has 1 aliphatic heterocycles. The van der Waals surface area contributed by atoms with Crippen LogP contribution in [0.15, 0.2) is 12.2 Å². The van der Waals surface area contributed by atoms with Crippen LogP contribution in [0.4, 0.5) is 0 Å². The number of alkyl halides is 1. The second-order valence-corrected chi connectivity index (χ2v) is 2.27. The van der Waals surface area contributed by atoms with Gasteiger partial charge < -0.3 is 9.84 Å². The lowest BCUT2D eigenvalue weighted by Crippen LogP contribution is -2.23. The molecular weight excluding hydrogens is 144 g/mol. The molecule has 2 atom stereocenters. The van der Waals surface area contributed by atoms with Crippen LogP contribution in [0.2, 0.25) is 0 Å². The van der Waals surface area contributed by atoms with E-state index in [1.165, 1.54) is 12.2 Å². The molecule has 0 aromatic carbocycles. The number of carbonyl (C=O) groups excluding carboxylic acids is 1. The molecule has 50 valence electrons. The normalized spacial score (nSPS) is 41.3. The molecule has 0 fully saturated rings. The van der Waals surface area contributed by atoms with E-state index in [2.05, 4.69) is 4.74 Å². The number of ether oxygens (including phenoxy) is 1. The highest BCUT2D eigenvalue weighted by Gasteiger charge is 2.31. The molecular formula is C5H5ClO3. The number of aliphatic hydroxyl groups excluding tert-OH is 1. The molecule has 3 nitrogen and oxygen atoms in total. The largest absolute Gasteiger partial charge is 0.365 e. The molecule has 1 N–H and O–H groups in total. The molecule has 1 heterocycles. The van der Waals surface area contributed by atoms with Crippen molar-refractivity contribution >= 4 is 17.9 Å². The molecule has 9 heavy (non-hydrogen) atoms. The summed E-state index contributed by atoms with van der Waals surface area (Å²) >= 11 is 5.41. The van der Waals surface area contributed by atoms with Crippen molar-refractivity contribution in [2.24, 2.45) is 0 Å². The summed E-state index contributed by atoms with van der Waals surface area (Å²) < 4.78 is 4.54. The van der Waals surface area contributed by atoms with Gasteiger partial charge in [-0.2, -0.15) is 0 Å². The van der Waals surface area contributed by atoms with Crippen LogP contribution in [-0.4, -0.2) is 22.7 Å². The summed E-state index contributed by atoms with van der Waals surface area (Å²) in [6.07, 6.45) is 1.97. The van der Waals surface area contributed by atoms with Crippen LogP contribution in [0.1, 0.15) is 0 Å². The second kappa shape index (κ2) is 2.10. The fourth-order valence-corrected chi connectivity index (χ4v) is 0.708. The summed E-state index contributed by atoms with van der Waals surface area (Å²) in [5, 5.41) is 7.21. The molecule has 0 aromatic rings. The Hall–Kier alpha value is -0.380. The highest BCUT2D eigenvalue weighted by molar-refractivity contribution is 6.32. The van der Waals surface area contributed by atoms with E-state index in [1.807, 2.05) is 0 Å². The molecule has 0 aromatic heterocycles. The first-order valence-corrected chi connectivity index (χ1v) is 2.74. The number of carbonyl (C=O) groups is 1. The molecule has 0 radical (unpaired) electrons. The van der Waals surface area contributed by atoms with Crippen LogP contribution < -0.4 is 0 Å². The number of hydrogen-bond donors (Lipinski definition) is 1. The maximum absolute atomic E-state index is 10.1. The fourth-order valence-electron chi connectivity index (χ4n) is 0.544. The molecule has 2 unspecified atom stereocenters. The Morgan fingerprint density at radius 1 is 1.89 bits per heavy atom. The van der Waals surface area contributed by atoms with E-state index in [0.717, 1.165) is 0 Å². The number of aldehydes is 1. The maximum Gasteiger partial charge on any atom is 0.219 e. The number of aliphatic hydroxyl groups is 1. The average molecular weight is 149 g/mol. The van der Waals surface area contributed by atoms with Crippen molar-refractivity contribution in [3.8, 4) is 0 Å². The van der Waals surface area contributed by atoms with E-state index in [4.69, 9.17) is 16.7 Å². The highest BCUT2D eigenvalue weighted by Crippen LogP contribution is 2.23. The first-order valence-electron chi connectivity index (χ1n) is 2.37. The summed E-state index contributed by atoms with van der Waals surface area (Å²) in [6, 6.07) is 0. The van der Waals surface area contributed by atoms with Crippen molar-refractivity contribution in [1.82, 2.24) is 0 Å². The third kappa shape index (κ3) is 1.30. The monoisotopic (exact) mass is 148 g/mol. The zero-order valence-corrected chi connectivity index (χ0v) is 5.21. The predicted molar refractivity (Wildman–Crippen MR) is 30.9 cm³/mol. The zero-order valence-electron chi connectivity index (χ0n) is 4.45. The summed E-state index contributed by atoms with van der Waals surface area (Å²) in [4.78, 5) is 10.1. The van der Waals surface area contributed by atoms with Crippen molar-refractivity contribution < 1.29 is 14.6 Å². The van der Waals surface area contributed by atoms with E-state index in [1.54, 1.807) is 0 Å². The van der Waals surface area contributed by atoms with Gasteiger partial charge in [-0.05, 0) is 12.2 Å². The van der Waals surface area contributed by atoms with Gasteiger partial charge in [0.2, 0.25) is 5.06 Å². The Labute approximate surface area is 56.9 Å². The minimum absolute atomic E-state index is 0.418. The summed E-state index contributed by atoms with van der Waals surface area (Å²) in [5.74, 6) is 0. The highest BCUT2D eigenvalue weighted by atomic mass is 35.5. The van der Waals surface area contributed by atoms with Crippen molar-refractivity contribution in [1.29, 1.82) is 0 Å².